The van der Waals surface area contributed by atoms with E-state index in [9.17, 15) is 13.2 Å². The standard InChI is InChI=1S/C19H32N4O4S/c1-13-10-14(2)12-22(11-13)19(24)16(4)21-6-8-23(9-7-21)28(25,26)18-15(3)20-27-17(18)5/h13-14,16H,6-12H2,1-5H3/t13-,14-,16-/m1/s1. The van der Waals surface area contributed by atoms with Gasteiger partial charge in [-0.05, 0) is 39.0 Å². The molecule has 1 aromatic rings. The molecule has 3 rings (SSSR count). The molecule has 28 heavy (non-hydrogen) atoms. The first-order valence-corrected chi connectivity index (χ1v) is 11.5. The zero-order valence-electron chi connectivity index (χ0n) is 17.5. The Kier molecular flexibility index (Phi) is 6.17. The zero-order valence-corrected chi connectivity index (χ0v) is 18.3. The molecule has 0 bridgehead atoms. The molecule has 2 aliphatic rings. The number of hydrogen-bond donors (Lipinski definition) is 0. The Morgan fingerprint density at radius 3 is 2.18 bits per heavy atom. The summed E-state index contributed by atoms with van der Waals surface area (Å²) in [5.41, 5.74) is 0.386. The number of amides is 1. The fraction of sp³-hybridized carbons (Fsp3) is 0.789. The molecule has 0 unspecified atom stereocenters. The van der Waals surface area contributed by atoms with Gasteiger partial charge in [-0.25, -0.2) is 8.42 Å². The molecule has 0 spiro atoms. The summed E-state index contributed by atoms with van der Waals surface area (Å²) in [6, 6.07) is -0.235. The topological polar surface area (TPSA) is 87.0 Å². The largest absolute Gasteiger partial charge is 0.360 e. The van der Waals surface area contributed by atoms with Crippen LogP contribution in [-0.4, -0.2) is 78.9 Å². The number of carbonyl (C=O) groups is 1. The van der Waals surface area contributed by atoms with Gasteiger partial charge in [0.25, 0.3) is 0 Å². The summed E-state index contributed by atoms with van der Waals surface area (Å²) in [6.07, 6.45) is 1.16. The molecule has 2 saturated heterocycles. The van der Waals surface area contributed by atoms with Gasteiger partial charge in [0, 0.05) is 39.3 Å². The second-order valence-corrected chi connectivity index (χ2v) is 10.3. The lowest BCUT2D eigenvalue weighted by atomic mass is 9.91. The third-order valence-electron chi connectivity index (χ3n) is 5.92. The van der Waals surface area contributed by atoms with E-state index < -0.39 is 10.0 Å². The Hall–Kier alpha value is -1.45. The van der Waals surface area contributed by atoms with Crippen molar-refractivity contribution in [2.45, 2.75) is 52.0 Å². The normalized spacial score (nSPS) is 26.4. The van der Waals surface area contributed by atoms with Crippen molar-refractivity contribution in [2.24, 2.45) is 11.8 Å². The van der Waals surface area contributed by atoms with E-state index in [1.165, 1.54) is 4.31 Å². The summed E-state index contributed by atoms with van der Waals surface area (Å²) in [6.45, 7) is 13.0. The van der Waals surface area contributed by atoms with Gasteiger partial charge >= 0.3 is 0 Å². The highest BCUT2D eigenvalue weighted by Crippen LogP contribution is 2.25. The van der Waals surface area contributed by atoms with E-state index in [-0.39, 0.29) is 16.8 Å². The number of carbonyl (C=O) groups excluding carboxylic acids is 1. The smallest absolute Gasteiger partial charge is 0.248 e. The van der Waals surface area contributed by atoms with Gasteiger partial charge in [-0.3, -0.25) is 9.69 Å². The number of likely N-dealkylation sites (tertiary alicyclic amines) is 1. The lowest BCUT2D eigenvalue weighted by molar-refractivity contribution is -0.139. The second kappa shape index (κ2) is 8.12. The van der Waals surface area contributed by atoms with Crippen LogP contribution in [0.3, 0.4) is 0 Å². The van der Waals surface area contributed by atoms with Crippen molar-refractivity contribution in [3.8, 4) is 0 Å². The van der Waals surface area contributed by atoms with E-state index >= 15 is 0 Å². The molecular formula is C19H32N4O4S. The van der Waals surface area contributed by atoms with Crippen LogP contribution < -0.4 is 0 Å². The van der Waals surface area contributed by atoms with Crippen molar-refractivity contribution in [2.75, 3.05) is 39.3 Å². The molecule has 1 aromatic heterocycles. The number of aromatic nitrogens is 1. The third kappa shape index (κ3) is 4.11. The summed E-state index contributed by atoms with van der Waals surface area (Å²) in [7, 11) is -3.63. The minimum absolute atomic E-state index is 0.153. The average Bonchev–Trinajstić information content (AvgIpc) is 2.98. The van der Waals surface area contributed by atoms with E-state index in [0.717, 1.165) is 19.5 Å². The highest BCUT2D eigenvalue weighted by atomic mass is 32.2. The number of sulfonamides is 1. The van der Waals surface area contributed by atoms with Crippen molar-refractivity contribution in [1.29, 1.82) is 0 Å². The van der Waals surface area contributed by atoms with Crippen LogP contribution in [0.5, 0.6) is 0 Å². The van der Waals surface area contributed by atoms with E-state index in [1.54, 1.807) is 13.8 Å². The van der Waals surface area contributed by atoms with Crippen molar-refractivity contribution < 1.29 is 17.7 Å². The molecule has 2 fully saturated rings. The molecule has 0 radical (unpaired) electrons. The van der Waals surface area contributed by atoms with Gasteiger partial charge in [-0.2, -0.15) is 4.31 Å². The van der Waals surface area contributed by atoms with Gasteiger partial charge < -0.3 is 9.42 Å². The number of piperazine rings is 1. The Morgan fingerprint density at radius 2 is 1.68 bits per heavy atom. The monoisotopic (exact) mass is 412 g/mol. The van der Waals surface area contributed by atoms with Crippen LogP contribution in [0.4, 0.5) is 0 Å². The molecule has 2 aliphatic heterocycles. The summed E-state index contributed by atoms with van der Waals surface area (Å²) < 4.78 is 32.4. The predicted octanol–water partition coefficient (Wildman–Crippen LogP) is 1.49. The Bertz CT molecular complexity index is 784. The van der Waals surface area contributed by atoms with Crippen LogP contribution in [0.25, 0.3) is 0 Å². The molecule has 3 atom stereocenters. The van der Waals surface area contributed by atoms with Gasteiger partial charge in [0.15, 0.2) is 5.76 Å². The number of hydrogen-bond acceptors (Lipinski definition) is 6. The number of aryl methyl sites for hydroxylation is 2. The van der Waals surface area contributed by atoms with E-state index in [2.05, 4.69) is 23.9 Å². The predicted molar refractivity (Wildman–Crippen MR) is 105 cm³/mol. The maximum absolute atomic E-state index is 13.0. The first kappa shape index (κ1) is 21.3. The number of piperidine rings is 1. The van der Waals surface area contributed by atoms with Crippen molar-refractivity contribution in [1.82, 2.24) is 19.3 Å². The quantitative estimate of drug-likeness (QED) is 0.745. The maximum Gasteiger partial charge on any atom is 0.248 e. The fourth-order valence-corrected chi connectivity index (χ4v) is 6.28. The van der Waals surface area contributed by atoms with E-state index in [0.29, 0.717) is 49.5 Å². The molecule has 9 heteroatoms. The molecular weight excluding hydrogens is 380 g/mol. The molecule has 158 valence electrons. The minimum atomic E-state index is -3.63. The van der Waals surface area contributed by atoms with Crippen LogP contribution in [0, 0.1) is 25.7 Å². The fourth-order valence-electron chi connectivity index (χ4n) is 4.57. The van der Waals surface area contributed by atoms with Crippen molar-refractivity contribution in [3.63, 3.8) is 0 Å². The van der Waals surface area contributed by atoms with E-state index in [4.69, 9.17) is 4.52 Å². The molecule has 0 saturated carbocycles. The van der Waals surface area contributed by atoms with Gasteiger partial charge in [0.05, 0.1) is 6.04 Å². The average molecular weight is 413 g/mol. The summed E-state index contributed by atoms with van der Waals surface area (Å²) >= 11 is 0. The van der Waals surface area contributed by atoms with Crippen molar-refractivity contribution in [3.05, 3.63) is 11.5 Å². The molecule has 1 amide bonds. The summed E-state index contributed by atoms with van der Waals surface area (Å²) in [5, 5.41) is 3.77. The van der Waals surface area contributed by atoms with Crippen LogP contribution in [0.2, 0.25) is 0 Å². The van der Waals surface area contributed by atoms with Crippen molar-refractivity contribution >= 4 is 15.9 Å². The minimum Gasteiger partial charge on any atom is -0.360 e. The van der Waals surface area contributed by atoms with Gasteiger partial charge in [-0.1, -0.05) is 19.0 Å². The van der Waals surface area contributed by atoms with Gasteiger partial charge in [-0.15, -0.1) is 0 Å². The van der Waals surface area contributed by atoms with Gasteiger partial charge in [0.2, 0.25) is 15.9 Å². The second-order valence-electron chi connectivity index (χ2n) is 8.46. The first-order chi connectivity index (χ1) is 13.1. The Labute approximate surface area is 167 Å². The summed E-state index contributed by atoms with van der Waals surface area (Å²) in [5.74, 6) is 1.52. The van der Waals surface area contributed by atoms with Crippen LogP contribution in [0.15, 0.2) is 9.42 Å². The maximum atomic E-state index is 13.0. The van der Waals surface area contributed by atoms with Gasteiger partial charge in [0.1, 0.15) is 10.6 Å². The highest BCUT2D eigenvalue weighted by Gasteiger charge is 2.36. The Balaban J connectivity index is 1.62. The molecule has 8 nitrogen and oxygen atoms in total. The molecule has 0 aliphatic carbocycles. The third-order valence-corrected chi connectivity index (χ3v) is 8.07. The lowest BCUT2D eigenvalue weighted by Crippen LogP contribution is -2.56. The van der Waals surface area contributed by atoms with Crippen LogP contribution >= 0.6 is 0 Å². The number of rotatable bonds is 4. The summed E-state index contributed by atoms with van der Waals surface area (Å²) in [4.78, 5) is 17.2. The molecule has 0 aromatic carbocycles. The zero-order chi connectivity index (χ0) is 20.6. The molecule has 0 N–H and O–H groups in total. The first-order valence-electron chi connectivity index (χ1n) is 10.1. The molecule has 3 heterocycles. The lowest BCUT2D eigenvalue weighted by Gasteiger charge is -2.41. The van der Waals surface area contributed by atoms with Crippen LogP contribution in [-0.2, 0) is 14.8 Å². The number of nitrogens with zero attached hydrogens (tertiary/aromatic N) is 4. The Morgan fingerprint density at radius 1 is 1.11 bits per heavy atom. The SMILES string of the molecule is Cc1noc(C)c1S(=O)(=O)N1CCN([C@H](C)C(=O)N2C[C@H](C)C[C@@H](C)C2)CC1. The highest BCUT2D eigenvalue weighted by molar-refractivity contribution is 7.89. The van der Waals surface area contributed by atoms with Crippen LogP contribution in [0.1, 0.15) is 38.6 Å². The van der Waals surface area contributed by atoms with E-state index in [1.807, 2.05) is 11.8 Å².